The molecule has 0 bridgehead atoms. The van der Waals surface area contributed by atoms with Crippen molar-refractivity contribution in [3.63, 3.8) is 0 Å². The highest BCUT2D eigenvalue weighted by molar-refractivity contribution is 7.98. The van der Waals surface area contributed by atoms with Crippen molar-refractivity contribution in [3.8, 4) is 0 Å². The van der Waals surface area contributed by atoms with Gasteiger partial charge in [0.2, 0.25) is 0 Å². The van der Waals surface area contributed by atoms with Crippen LogP contribution in [-0.4, -0.2) is 53.8 Å². The summed E-state index contributed by atoms with van der Waals surface area (Å²) < 4.78 is 5.40. The van der Waals surface area contributed by atoms with Gasteiger partial charge in [0.15, 0.2) is 0 Å². The van der Waals surface area contributed by atoms with Crippen molar-refractivity contribution in [3.05, 3.63) is 0 Å². The molecule has 1 N–H and O–H groups in total. The molecule has 1 heterocycles. The maximum atomic E-state index is 12.0. The van der Waals surface area contributed by atoms with Crippen LogP contribution < -0.4 is 5.32 Å². The van der Waals surface area contributed by atoms with E-state index in [9.17, 15) is 4.79 Å². The van der Waals surface area contributed by atoms with Crippen LogP contribution in [0.5, 0.6) is 0 Å². The number of hydrogen-bond donors (Lipinski definition) is 1. The number of amides is 1. The van der Waals surface area contributed by atoms with Crippen molar-refractivity contribution in [1.29, 1.82) is 0 Å². The fourth-order valence-corrected chi connectivity index (χ4v) is 2.94. The number of nitrogens with zero attached hydrogens (tertiary/aromatic N) is 1. The Balaban J connectivity index is 2.38. The van der Waals surface area contributed by atoms with Gasteiger partial charge in [0.05, 0.1) is 0 Å². The van der Waals surface area contributed by atoms with E-state index in [-0.39, 0.29) is 6.09 Å². The molecule has 112 valence electrons. The Morgan fingerprint density at radius 2 is 2.21 bits per heavy atom. The van der Waals surface area contributed by atoms with E-state index in [2.05, 4.69) is 18.5 Å². The Hall–Kier alpha value is -0.420. The number of thioether (sulfide) groups is 1. The molecule has 1 saturated heterocycles. The molecule has 4 nitrogen and oxygen atoms in total. The van der Waals surface area contributed by atoms with Crippen molar-refractivity contribution in [2.24, 2.45) is 0 Å². The van der Waals surface area contributed by atoms with Crippen LogP contribution in [0.15, 0.2) is 0 Å². The predicted molar refractivity (Wildman–Crippen MR) is 81.8 cm³/mol. The molecule has 1 amide bonds. The molecule has 0 aromatic rings. The van der Waals surface area contributed by atoms with Crippen molar-refractivity contribution in [1.82, 2.24) is 10.2 Å². The van der Waals surface area contributed by atoms with E-state index >= 15 is 0 Å². The molecular weight excluding hydrogens is 260 g/mol. The van der Waals surface area contributed by atoms with E-state index in [1.165, 1.54) is 0 Å². The van der Waals surface area contributed by atoms with Gasteiger partial charge in [0, 0.05) is 30.9 Å². The van der Waals surface area contributed by atoms with Crippen LogP contribution in [0.4, 0.5) is 4.79 Å². The highest BCUT2D eigenvalue weighted by Gasteiger charge is 2.30. The zero-order valence-electron chi connectivity index (χ0n) is 12.9. The van der Waals surface area contributed by atoms with E-state index in [0.717, 1.165) is 31.7 Å². The first-order chi connectivity index (χ1) is 8.85. The number of carbonyl (C=O) groups excluding carboxylic acids is 1. The lowest BCUT2D eigenvalue weighted by molar-refractivity contribution is 0.0290. The third-order valence-corrected chi connectivity index (χ3v) is 3.91. The average molecular weight is 288 g/mol. The summed E-state index contributed by atoms with van der Waals surface area (Å²) in [4.78, 5) is 13.8. The van der Waals surface area contributed by atoms with Crippen LogP contribution in [0.1, 0.15) is 40.5 Å². The van der Waals surface area contributed by atoms with Crippen LogP contribution in [0.2, 0.25) is 0 Å². The van der Waals surface area contributed by atoms with Gasteiger partial charge in [-0.15, -0.1) is 0 Å². The van der Waals surface area contributed by atoms with E-state index < -0.39 is 5.60 Å². The van der Waals surface area contributed by atoms with Crippen LogP contribution in [-0.2, 0) is 4.74 Å². The topological polar surface area (TPSA) is 41.6 Å². The number of rotatable bonds is 5. The molecule has 1 fully saturated rings. The minimum Gasteiger partial charge on any atom is -0.444 e. The summed E-state index contributed by atoms with van der Waals surface area (Å²) in [5.41, 5.74) is -0.409. The van der Waals surface area contributed by atoms with Crippen molar-refractivity contribution in [2.45, 2.75) is 58.2 Å². The Labute approximate surface area is 121 Å². The molecule has 0 aliphatic carbocycles. The summed E-state index contributed by atoms with van der Waals surface area (Å²) in [6.07, 6.45) is 4.09. The van der Waals surface area contributed by atoms with E-state index in [0.29, 0.717) is 12.1 Å². The van der Waals surface area contributed by atoms with Gasteiger partial charge < -0.3 is 15.0 Å². The molecular formula is C14H28N2O2S. The monoisotopic (exact) mass is 288 g/mol. The van der Waals surface area contributed by atoms with Gasteiger partial charge in [-0.05, 0) is 39.9 Å². The van der Waals surface area contributed by atoms with Gasteiger partial charge in [-0.25, -0.2) is 4.79 Å². The smallest absolute Gasteiger partial charge is 0.410 e. The van der Waals surface area contributed by atoms with Gasteiger partial charge in [-0.2, -0.15) is 11.8 Å². The predicted octanol–water partition coefficient (Wildman–Crippen LogP) is 2.73. The molecule has 0 saturated carbocycles. The molecule has 0 radical (unpaired) electrons. The highest BCUT2D eigenvalue weighted by atomic mass is 32.2. The first-order valence-corrected chi connectivity index (χ1v) is 8.48. The molecule has 0 aromatic carbocycles. The highest BCUT2D eigenvalue weighted by Crippen LogP contribution is 2.16. The quantitative estimate of drug-likeness (QED) is 0.844. The van der Waals surface area contributed by atoms with Crippen LogP contribution >= 0.6 is 11.8 Å². The van der Waals surface area contributed by atoms with Crippen LogP contribution in [0, 0.1) is 0 Å². The summed E-state index contributed by atoms with van der Waals surface area (Å²) in [6, 6.07) is 0.947. The zero-order valence-corrected chi connectivity index (χ0v) is 13.7. The minimum absolute atomic E-state index is 0.185. The van der Waals surface area contributed by atoms with Crippen LogP contribution in [0.3, 0.4) is 0 Å². The molecule has 5 heteroatoms. The maximum absolute atomic E-state index is 12.0. The van der Waals surface area contributed by atoms with Gasteiger partial charge >= 0.3 is 6.09 Å². The number of nitrogens with one attached hydrogen (secondary N) is 1. The summed E-state index contributed by atoms with van der Waals surface area (Å²) in [5.74, 6) is 1.12. The Kier molecular flexibility index (Phi) is 6.47. The lowest BCUT2D eigenvalue weighted by Gasteiger charge is -2.25. The first kappa shape index (κ1) is 16.6. The summed E-state index contributed by atoms with van der Waals surface area (Å²) in [6.45, 7) is 9.48. The first-order valence-electron chi connectivity index (χ1n) is 7.08. The standard InChI is InChI=1S/C14H28N2O2S/c1-6-11(10-19-5)15-12-7-8-16(9-12)13(17)18-14(2,3)4/h11-12,15H,6-10H2,1-5H3. The van der Waals surface area contributed by atoms with Crippen LogP contribution in [0.25, 0.3) is 0 Å². The summed E-state index contributed by atoms with van der Waals surface area (Å²) >= 11 is 1.86. The Morgan fingerprint density at radius 3 is 2.74 bits per heavy atom. The fourth-order valence-electron chi connectivity index (χ4n) is 2.21. The fraction of sp³-hybridized carbons (Fsp3) is 0.929. The normalized spacial score (nSPS) is 21.5. The Bertz CT molecular complexity index is 292. The average Bonchev–Trinajstić information content (AvgIpc) is 2.75. The Morgan fingerprint density at radius 1 is 1.53 bits per heavy atom. The minimum atomic E-state index is -0.409. The third-order valence-electron chi connectivity index (χ3n) is 3.17. The molecule has 1 aliphatic heterocycles. The second-order valence-electron chi connectivity index (χ2n) is 6.14. The largest absolute Gasteiger partial charge is 0.444 e. The van der Waals surface area contributed by atoms with Gasteiger partial charge in [0.1, 0.15) is 5.60 Å². The lowest BCUT2D eigenvalue weighted by Crippen LogP contribution is -2.42. The molecule has 2 unspecified atom stereocenters. The van der Waals surface area contributed by atoms with E-state index in [4.69, 9.17) is 4.74 Å². The number of hydrogen-bond acceptors (Lipinski definition) is 4. The van der Waals surface area contributed by atoms with E-state index in [1.54, 1.807) is 0 Å². The molecule has 1 rings (SSSR count). The van der Waals surface area contributed by atoms with Gasteiger partial charge in [0.25, 0.3) is 0 Å². The number of likely N-dealkylation sites (tertiary alicyclic amines) is 1. The molecule has 0 spiro atoms. The van der Waals surface area contributed by atoms with Gasteiger partial charge in [-0.1, -0.05) is 6.92 Å². The maximum Gasteiger partial charge on any atom is 0.410 e. The molecule has 1 aliphatic rings. The second-order valence-corrected chi connectivity index (χ2v) is 7.05. The number of ether oxygens (including phenoxy) is 1. The van der Waals surface area contributed by atoms with Gasteiger partial charge in [-0.3, -0.25) is 0 Å². The molecule has 2 atom stereocenters. The zero-order chi connectivity index (χ0) is 14.5. The van der Waals surface area contributed by atoms with Crippen molar-refractivity contribution in [2.75, 3.05) is 25.1 Å². The van der Waals surface area contributed by atoms with E-state index in [1.807, 2.05) is 37.4 Å². The third kappa shape index (κ3) is 6.04. The molecule has 19 heavy (non-hydrogen) atoms. The molecule has 0 aromatic heterocycles. The summed E-state index contributed by atoms with van der Waals surface area (Å²) in [5, 5.41) is 3.64. The van der Waals surface area contributed by atoms with Crippen molar-refractivity contribution >= 4 is 17.9 Å². The second kappa shape index (κ2) is 7.39. The SMILES string of the molecule is CCC(CSC)NC1CCN(C(=O)OC(C)(C)C)C1. The lowest BCUT2D eigenvalue weighted by atomic mass is 10.2. The van der Waals surface area contributed by atoms with Crippen molar-refractivity contribution < 1.29 is 9.53 Å². The number of carbonyl (C=O) groups is 1. The summed E-state index contributed by atoms with van der Waals surface area (Å²) in [7, 11) is 0.